The van der Waals surface area contributed by atoms with Gasteiger partial charge in [0.1, 0.15) is 5.76 Å². The second kappa shape index (κ2) is 6.03. The molecule has 1 aromatic heterocycles. The van der Waals surface area contributed by atoms with Crippen LogP contribution in [0.1, 0.15) is 19.6 Å². The average molecular weight is 226 g/mol. The van der Waals surface area contributed by atoms with Crippen molar-refractivity contribution in [3.05, 3.63) is 24.2 Å². The average Bonchev–Trinajstić information content (AvgIpc) is 2.78. The summed E-state index contributed by atoms with van der Waals surface area (Å²) in [5.41, 5.74) is 5.70. The second-order valence-electron chi connectivity index (χ2n) is 4.23. The summed E-state index contributed by atoms with van der Waals surface area (Å²) in [6.07, 6.45) is 1.69. The Hall–Kier alpha value is -0.840. The van der Waals surface area contributed by atoms with Gasteiger partial charge in [0.2, 0.25) is 0 Å². The highest BCUT2D eigenvalue weighted by Gasteiger charge is 2.30. The van der Waals surface area contributed by atoms with Crippen LogP contribution >= 0.6 is 0 Å². The molecule has 0 amide bonds. The zero-order chi connectivity index (χ0) is 12.0. The predicted molar refractivity (Wildman–Crippen MR) is 64.1 cm³/mol. The Morgan fingerprint density at radius 1 is 1.56 bits per heavy atom. The molecule has 0 aliphatic rings. The van der Waals surface area contributed by atoms with E-state index in [9.17, 15) is 0 Å². The second-order valence-corrected chi connectivity index (χ2v) is 4.23. The summed E-state index contributed by atoms with van der Waals surface area (Å²) in [5.74, 6) is 0.956. The lowest BCUT2D eigenvalue weighted by Gasteiger charge is -2.39. The van der Waals surface area contributed by atoms with Crippen molar-refractivity contribution < 1.29 is 9.15 Å². The fraction of sp³-hybridized carbons (Fsp3) is 0.667. The lowest BCUT2D eigenvalue weighted by atomic mass is 10.0. The largest absolute Gasteiger partial charge is 0.468 e. The van der Waals surface area contributed by atoms with E-state index in [2.05, 4.69) is 18.7 Å². The van der Waals surface area contributed by atoms with Crippen molar-refractivity contribution in [2.24, 2.45) is 5.73 Å². The summed E-state index contributed by atoms with van der Waals surface area (Å²) >= 11 is 0. The number of furan rings is 1. The molecule has 1 rings (SSSR count). The van der Waals surface area contributed by atoms with Gasteiger partial charge >= 0.3 is 0 Å². The highest BCUT2D eigenvalue weighted by Crippen LogP contribution is 2.17. The molecular formula is C12H22N2O2. The Morgan fingerprint density at radius 3 is 2.75 bits per heavy atom. The third-order valence-corrected chi connectivity index (χ3v) is 2.97. The lowest BCUT2D eigenvalue weighted by molar-refractivity contribution is 0.0212. The van der Waals surface area contributed by atoms with Crippen LogP contribution in [0.15, 0.2) is 22.8 Å². The van der Waals surface area contributed by atoms with E-state index < -0.39 is 0 Å². The number of nitrogens with two attached hydrogens (primary N) is 1. The zero-order valence-corrected chi connectivity index (χ0v) is 10.4. The summed E-state index contributed by atoms with van der Waals surface area (Å²) in [6, 6.07) is 3.88. The number of hydrogen-bond donors (Lipinski definition) is 1. The summed E-state index contributed by atoms with van der Waals surface area (Å²) < 4.78 is 10.6. The Morgan fingerprint density at radius 2 is 2.31 bits per heavy atom. The molecule has 4 nitrogen and oxygen atoms in total. The molecule has 0 bridgehead atoms. The van der Waals surface area contributed by atoms with Gasteiger partial charge in [0.15, 0.2) is 0 Å². The minimum Gasteiger partial charge on any atom is -0.468 e. The normalized spacial score (nSPS) is 15.3. The summed E-state index contributed by atoms with van der Waals surface area (Å²) in [5, 5.41) is 0. The minimum absolute atomic E-state index is 0.143. The van der Waals surface area contributed by atoms with Crippen molar-refractivity contribution in [2.75, 3.05) is 26.8 Å². The third kappa shape index (κ3) is 3.07. The standard InChI is InChI=1S/C12H22N2O2/c1-4-14(8-11-6-5-7-16-11)12(2,9-13)10-15-3/h5-7H,4,8-10,13H2,1-3H3. The van der Waals surface area contributed by atoms with Gasteiger partial charge in [-0.3, -0.25) is 4.90 Å². The first-order valence-corrected chi connectivity index (χ1v) is 5.62. The smallest absolute Gasteiger partial charge is 0.117 e. The van der Waals surface area contributed by atoms with Gasteiger partial charge in [0.25, 0.3) is 0 Å². The number of methoxy groups -OCH3 is 1. The Balaban J connectivity index is 2.71. The van der Waals surface area contributed by atoms with Crippen molar-refractivity contribution >= 4 is 0 Å². The van der Waals surface area contributed by atoms with E-state index in [1.807, 2.05) is 12.1 Å². The van der Waals surface area contributed by atoms with E-state index in [-0.39, 0.29) is 5.54 Å². The van der Waals surface area contributed by atoms with Gasteiger partial charge in [-0.15, -0.1) is 0 Å². The number of hydrogen-bond acceptors (Lipinski definition) is 4. The van der Waals surface area contributed by atoms with Crippen LogP contribution in [0.3, 0.4) is 0 Å². The molecule has 0 saturated heterocycles. The first kappa shape index (κ1) is 13.2. The molecule has 0 aromatic carbocycles. The van der Waals surface area contributed by atoms with E-state index in [1.165, 1.54) is 0 Å². The number of likely N-dealkylation sites (N-methyl/N-ethyl adjacent to an activating group) is 1. The van der Waals surface area contributed by atoms with Gasteiger partial charge in [-0.05, 0) is 25.6 Å². The van der Waals surface area contributed by atoms with Gasteiger partial charge in [0.05, 0.1) is 25.0 Å². The zero-order valence-electron chi connectivity index (χ0n) is 10.4. The van der Waals surface area contributed by atoms with Gasteiger partial charge in [-0.2, -0.15) is 0 Å². The van der Waals surface area contributed by atoms with Crippen LogP contribution < -0.4 is 5.73 Å². The molecule has 2 N–H and O–H groups in total. The number of nitrogens with zero attached hydrogens (tertiary/aromatic N) is 1. The van der Waals surface area contributed by atoms with Gasteiger partial charge in [-0.1, -0.05) is 6.92 Å². The van der Waals surface area contributed by atoms with Crippen LogP contribution in [-0.2, 0) is 11.3 Å². The van der Waals surface area contributed by atoms with Crippen molar-refractivity contribution in [1.82, 2.24) is 4.90 Å². The predicted octanol–water partition coefficient (Wildman–Crippen LogP) is 1.47. The molecule has 0 spiro atoms. The molecule has 16 heavy (non-hydrogen) atoms. The topological polar surface area (TPSA) is 51.6 Å². The Labute approximate surface area is 97.4 Å². The quantitative estimate of drug-likeness (QED) is 0.765. The molecule has 0 saturated carbocycles. The summed E-state index contributed by atoms with van der Waals surface area (Å²) in [4.78, 5) is 2.27. The maximum atomic E-state index is 5.85. The molecule has 0 radical (unpaired) electrons. The molecule has 1 heterocycles. The van der Waals surface area contributed by atoms with Crippen LogP contribution in [-0.4, -0.2) is 37.2 Å². The van der Waals surface area contributed by atoms with Crippen molar-refractivity contribution in [2.45, 2.75) is 25.9 Å². The summed E-state index contributed by atoms with van der Waals surface area (Å²) in [7, 11) is 1.70. The van der Waals surface area contributed by atoms with Gasteiger partial charge < -0.3 is 14.9 Å². The lowest BCUT2D eigenvalue weighted by Crippen LogP contribution is -2.54. The number of rotatable bonds is 7. The van der Waals surface area contributed by atoms with Crippen LogP contribution in [0.5, 0.6) is 0 Å². The Bertz CT molecular complexity index is 287. The molecule has 0 fully saturated rings. The first-order chi connectivity index (χ1) is 7.66. The SMILES string of the molecule is CCN(Cc1ccco1)C(C)(CN)COC. The monoisotopic (exact) mass is 226 g/mol. The van der Waals surface area contributed by atoms with Crippen LogP contribution in [0.2, 0.25) is 0 Å². The van der Waals surface area contributed by atoms with Gasteiger partial charge in [0, 0.05) is 13.7 Å². The first-order valence-electron chi connectivity index (χ1n) is 5.62. The maximum absolute atomic E-state index is 5.85. The fourth-order valence-corrected chi connectivity index (χ4v) is 1.87. The third-order valence-electron chi connectivity index (χ3n) is 2.97. The highest BCUT2D eigenvalue weighted by atomic mass is 16.5. The Kier molecular flexibility index (Phi) is 4.99. The van der Waals surface area contributed by atoms with E-state index in [4.69, 9.17) is 14.9 Å². The molecule has 1 atom stereocenters. The van der Waals surface area contributed by atoms with Crippen molar-refractivity contribution in [1.29, 1.82) is 0 Å². The molecule has 0 aliphatic carbocycles. The molecule has 4 heteroatoms. The fourth-order valence-electron chi connectivity index (χ4n) is 1.87. The van der Waals surface area contributed by atoms with Crippen LogP contribution in [0, 0.1) is 0 Å². The number of ether oxygens (including phenoxy) is 1. The van der Waals surface area contributed by atoms with Gasteiger partial charge in [-0.25, -0.2) is 0 Å². The van der Waals surface area contributed by atoms with E-state index in [0.717, 1.165) is 18.8 Å². The maximum Gasteiger partial charge on any atom is 0.117 e. The van der Waals surface area contributed by atoms with E-state index in [0.29, 0.717) is 13.2 Å². The molecule has 1 aromatic rings. The van der Waals surface area contributed by atoms with Crippen LogP contribution in [0.25, 0.3) is 0 Å². The van der Waals surface area contributed by atoms with E-state index >= 15 is 0 Å². The van der Waals surface area contributed by atoms with E-state index in [1.54, 1.807) is 13.4 Å². The molecule has 92 valence electrons. The summed E-state index contributed by atoms with van der Waals surface area (Å²) in [6.45, 7) is 7.10. The molecular weight excluding hydrogens is 204 g/mol. The van der Waals surface area contributed by atoms with Crippen LogP contribution in [0.4, 0.5) is 0 Å². The minimum atomic E-state index is -0.143. The molecule has 1 unspecified atom stereocenters. The highest BCUT2D eigenvalue weighted by molar-refractivity contribution is 5.00. The van der Waals surface area contributed by atoms with Crippen molar-refractivity contribution in [3.63, 3.8) is 0 Å². The van der Waals surface area contributed by atoms with Crippen molar-refractivity contribution in [3.8, 4) is 0 Å². The molecule has 0 aliphatic heterocycles.